The van der Waals surface area contributed by atoms with Crippen molar-refractivity contribution in [3.05, 3.63) is 0 Å². The Morgan fingerprint density at radius 1 is 0.500 bits per heavy atom. The topological polar surface area (TPSA) is 158 Å². The highest BCUT2D eigenvalue weighted by atomic mass is 19.0. The first-order valence-corrected chi connectivity index (χ1v) is 0. The minimum atomic E-state index is 0. The van der Waals surface area contributed by atoms with E-state index < -0.39 is 0 Å². The summed E-state index contributed by atoms with van der Waals surface area (Å²) in [5.74, 6) is 0. The predicted octanol–water partition coefficient (Wildman–Crippen LogP) is -7.01. The molecule has 0 aliphatic carbocycles. The van der Waals surface area contributed by atoms with Gasteiger partial charge in [0.05, 0.1) is 0 Å². The maximum absolute atomic E-state index is 0. The van der Waals surface area contributed by atoms with Crippen molar-refractivity contribution < 1.29 is 33.5 Å². The highest BCUT2D eigenvalue weighted by molar-refractivity contribution is 0.828. The molecule has 0 aliphatic heterocycles. The lowest BCUT2D eigenvalue weighted by Crippen LogP contribution is -3.00. The van der Waals surface area contributed by atoms with E-state index in [0.717, 1.165) is 0 Å². The van der Waals surface area contributed by atoms with Crippen LogP contribution in [0.2, 0.25) is 0 Å². The average molecular weight is 110 g/mol. The normalized spacial score (nSPS) is 0. The highest BCUT2D eigenvalue weighted by Crippen LogP contribution is -0.285. The van der Waals surface area contributed by atoms with Crippen molar-refractivity contribution in [2.45, 2.75) is 0 Å². The summed E-state index contributed by atoms with van der Waals surface area (Å²) < 4.78 is 0. The second-order valence-electron chi connectivity index (χ2n) is 0. The number of hydrogen-bond acceptors (Lipinski definition) is 0. The van der Waals surface area contributed by atoms with Crippen molar-refractivity contribution in [1.82, 2.24) is 0 Å². The fraction of sp³-hybridized carbons (Fsp3) is 0. The SMILES string of the molecule is O.O.O.O.O.[F-].[H+]. The van der Waals surface area contributed by atoms with E-state index in [1.165, 1.54) is 0 Å². The second-order valence-corrected chi connectivity index (χ2v) is 0. The Labute approximate surface area is 35.0 Å². The molecule has 0 aliphatic rings. The molecule has 0 bridgehead atoms. The maximum Gasteiger partial charge on any atom is 1.00 e. The summed E-state index contributed by atoms with van der Waals surface area (Å²) in [7, 11) is 0. The molecule has 5 nitrogen and oxygen atoms in total. The fourth-order valence-corrected chi connectivity index (χ4v) is 0. The van der Waals surface area contributed by atoms with Gasteiger partial charge < -0.3 is 32.1 Å². The molecule has 6 heavy (non-hydrogen) atoms. The van der Waals surface area contributed by atoms with Crippen LogP contribution in [-0.4, -0.2) is 27.4 Å². The van der Waals surface area contributed by atoms with E-state index in [2.05, 4.69) is 0 Å². The third-order valence-corrected chi connectivity index (χ3v) is 0. The minimum Gasteiger partial charge on any atom is -1.00 e. The zero-order chi connectivity index (χ0) is 0. The van der Waals surface area contributed by atoms with Gasteiger partial charge in [0.2, 0.25) is 0 Å². The lowest BCUT2D eigenvalue weighted by Gasteiger charge is -1.00. The summed E-state index contributed by atoms with van der Waals surface area (Å²) in [5, 5.41) is 0. The first-order valence-electron chi connectivity index (χ1n) is 0. The largest absolute Gasteiger partial charge is 1.00 e. The average Bonchev–Trinajstić information content (AvgIpc) is 0. The Morgan fingerprint density at radius 3 is 0.500 bits per heavy atom. The van der Waals surface area contributed by atoms with Gasteiger partial charge in [0.1, 0.15) is 0 Å². The van der Waals surface area contributed by atoms with Gasteiger partial charge in [-0.3, -0.25) is 0 Å². The molecule has 0 radical (unpaired) electrons. The molecule has 0 aromatic heterocycles. The van der Waals surface area contributed by atoms with Gasteiger partial charge in [-0.2, -0.15) is 0 Å². The van der Waals surface area contributed by atoms with Gasteiger partial charge in [0.25, 0.3) is 0 Å². The molecular weight excluding hydrogens is 99.0 g/mol. The molecule has 6 heteroatoms. The molecular formula is H11FO5. The molecule has 0 unspecified atom stereocenters. The molecule has 10 N–H and O–H groups in total. The molecule has 0 heterocycles. The van der Waals surface area contributed by atoms with Gasteiger partial charge in [-0.05, 0) is 0 Å². The Hall–Kier alpha value is -0.270. The molecule has 0 rings (SSSR count). The highest BCUT2D eigenvalue weighted by Gasteiger charge is -0.408. The lowest BCUT2D eigenvalue weighted by molar-refractivity contribution is -0.00000604. The van der Waals surface area contributed by atoms with Crippen LogP contribution in [0, 0.1) is 0 Å². The monoisotopic (exact) mass is 110 g/mol. The van der Waals surface area contributed by atoms with Crippen molar-refractivity contribution in [3.8, 4) is 0 Å². The third-order valence-electron chi connectivity index (χ3n) is 0. The first kappa shape index (κ1) is 1760. The summed E-state index contributed by atoms with van der Waals surface area (Å²) in [4.78, 5) is 0. The van der Waals surface area contributed by atoms with Gasteiger partial charge in [-0.25, -0.2) is 0 Å². The summed E-state index contributed by atoms with van der Waals surface area (Å²) in [6.07, 6.45) is 0. The molecule has 0 saturated carbocycles. The van der Waals surface area contributed by atoms with Crippen LogP contribution in [0.5, 0.6) is 0 Å². The second kappa shape index (κ2) is 903. The zero-order valence-corrected chi connectivity index (χ0v) is 2.88. The standard InChI is InChI=1S/FH.5H2O/h1H;5*1H2. The van der Waals surface area contributed by atoms with Crippen LogP contribution < -0.4 is 4.70 Å². The first-order chi connectivity index (χ1) is 0. The Morgan fingerprint density at radius 2 is 0.500 bits per heavy atom. The fourth-order valence-electron chi connectivity index (χ4n) is 0. The molecule has 0 aromatic rings. The molecule has 48 valence electrons. The van der Waals surface area contributed by atoms with Crippen molar-refractivity contribution in [1.29, 1.82) is 0 Å². The van der Waals surface area contributed by atoms with Gasteiger partial charge in [-0.15, -0.1) is 0 Å². The van der Waals surface area contributed by atoms with E-state index in [4.69, 9.17) is 0 Å². The minimum absolute atomic E-state index is 0. The van der Waals surface area contributed by atoms with E-state index in [1.807, 2.05) is 0 Å². The molecule has 0 saturated heterocycles. The number of halogens is 1. The molecule has 0 atom stereocenters. The van der Waals surface area contributed by atoms with E-state index in [1.54, 1.807) is 0 Å². The van der Waals surface area contributed by atoms with E-state index in [9.17, 15) is 0 Å². The quantitative estimate of drug-likeness (QED) is 0.290. The Bertz CT molecular complexity index is 8.04. The predicted molar refractivity (Wildman–Crippen MR) is 19.2 cm³/mol. The van der Waals surface area contributed by atoms with Crippen molar-refractivity contribution in [2.75, 3.05) is 0 Å². The van der Waals surface area contributed by atoms with Crippen LogP contribution in [0.15, 0.2) is 0 Å². The molecule has 0 fully saturated rings. The van der Waals surface area contributed by atoms with Crippen LogP contribution in [0.3, 0.4) is 0 Å². The van der Waals surface area contributed by atoms with Crippen LogP contribution in [-0.2, 0) is 0 Å². The van der Waals surface area contributed by atoms with E-state index >= 15 is 0 Å². The van der Waals surface area contributed by atoms with Crippen LogP contribution >= 0.6 is 0 Å². The third kappa shape index (κ3) is 381. The number of rotatable bonds is 0. The van der Waals surface area contributed by atoms with Crippen molar-refractivity contribution >= 4 is 0 Å². The molecule has 0 spiro atoms. The lowest BCUT2D eigenvalue weighted by atomic mass is 16.0. The van der Waals surface area contributed by atoms with Gasteiger partial charge >= 0.3 is 1.43 Å². The van der Waals surface area contributed by atoms with Gasteiger partial charge in [0.15, 0.2) is 0 Å². The van der Waals surface area contributed by atoms with E-state index in [-0.39, 0.29) is 33.5 Å². The summed E-state index contributed by atoms with van der Waals surface area (Å²) >= 11 is 0. The van der Waals surface area contributed by atoms with Gasteiger partial charge in [0, 0.05) is 0 Å². The van der Waals surface area contributed by atoms with Crippen LogP contribution in [0.25, 0.3) is 0 Å². The van der Waals surface area contributed by atoms with Crippen LogP contribution in [0.4, 0.5) is 0 Å². The Kier molecular flexibility index (Phi) is 265000. The molecule has 0 aromatic carbocycles. The Balaban J connectivity index is 0. The number of hydrogen-bond donors (Lipinski definition) is 0. The van der Waals surface area contributed by atoms with Crippen LogP contribution in [0.1, 0.15) is 1.43 Å². The van der Waals surface area contributed by atoms with Gasteiger partial charge in [-0.1, -0.05) is 0 Å². The zero-order valence-electron chi connectivity index (χ0n) is 3.88. The maximum atomic E-state index is 0. The molecule has 0 amide bonds. The smallest absolute Gasteiger partial charge is 1.00 e. The summed E-state index contributed by atoms with van der Waals surface area (Å²) in [5.41, 5.74) is 0. The summed E-state index contributed by atoms with van der Waals surface area (Å²) in [6.45, 7) is 0. The van der Waals surface area contributed by atoms with Crippen molar-refractivity contribution in [2.24, 2.45) is 0 Å². The van der Waals surface area contributed by atoms with Crippen molar-refractivity contribution in [3.63, 3.8) is 0 Å². The van der Waals surface area contributed by atoms with E-state index in [0.29, 0.717) is 0 Å². The summed E-state index contributed by atoms with van der Waals surface area (Å²) in [6, 6.07) is 0.